The molecule has 0 saturated heterocycles. The van der Waals surface area contributed by atoms with Crippen LogP contribution in [-0.4, -0.2) is 32.7 Å². The Balaban J connectivity index is 1.87. The first-order valence-electron chi connectivity index (χ1n) is 7.85. The van der Waals surface area contributed by atoms with Gasteiger partial charge in [-0.25, -0.2) is 4.39 Å². The van der Waals surface area contributed by atoms with Crippen LogP contribution in [0.3, 0.4) is 0 Å². The van der Waals surface area contributed by atoms with Crippen LogP contribution in [0, 0.1) is 12.7 Å². The van der Waals surface area contributed by atoms with Crippen molar-refractivity contribution in [3.8, 4) is 11.5 Å². The lowest BCUT2D eigenvalue weighted by molar-refractivity contribution is -0.146. The van der Waals surface area contributed by atoms with Crippen LogP contribution in [0.15, 0.2) is 36.4 Å². The molecule has 7 heteroatoms. The maximum absolute atomic E-state index is 13.7. The van der Waals surface area contributed by atoms with Gasteiger partial charge in [0.2, 0.25) is 0 Å². The van der Waals surface area contributed by atoms with Gasteiger partial charge in [0, 0.05) is 0 Å². The molecule has 0 heterocycles. The molecule has 1 N–H and O–H groups in total. The molecule has 2 aromatic rings. The Morgan fingerprint density at radius 1 is 1.04 bits per heavy atom. The number of rotatable bonds is 7. The molecular formula is C19H20FNO5. The summed E-state index contributed by atoms with van der Waals surface area (Å²) in [5.41, 5.74) is 1.43. The van der Waals surface area contributed by atoms with Crippen LogP contribution >= 0.6 is 0 Å². The van der Waals surface area contributed by atoms with Crippen molar-refractivity contribution in [3.05, 3.63) is 53.3 Å². The fraction of sp³-hybridized carbons (Fsp3) is 0.263. The number of aryl methyl sites for hydroxylation is 1. The molecule has 0 spiro atoms. The van der Waals surface area contributed by atoms with Crippen LogP contribution in [-0.2, 0) is 20.7 Å². The Morgan fingerprint density at radius 2 is 1.77 bits per heavy atom. The summed E-state index contributed by atoms with van der Waals surface area (Å²) in [6.45, 7) is 1.24. The van der Waals surface area contributed by atoms with Crippen molar-refractivity contribution in [3.63, 3.8) is 0 Å². The molecule has 0 unspecified atom stereocenters. The van der Waals surface area contributed by atoms with Gasteiger partial charge < -0.3 is 19.5 Å². The van der Waals surface area contributed by atoms with Crippen LogP contribution in [0.1, 0.15) is 11.1 Å². The van der Waals surface area contributed by atoms with E-state index in [0.29, 0.717) is 17.1 Å². The molecule has 0 bridgehead atoms. The summed E-state index contributed by atoms with van der Waals surface area (Å²) >= 11 is 0. The molecule has 2 rings (SSSR count). The zero-order chi connectivity index (χ0) is 19.1. The lowest BCUT2D eigenvalue weighted by Gasteiger charge is -2.10. The summed E-state index contributed by atoms with van der Waals surface area (Å²) in [6, 6.07) is 9.45. The van der Waals surface area contributed by atoms with E-state index in [1.165, 1.54) is 26.4 Å². The van der Waals surface area contributed by atoms with E-state index in [0.717, 1.165) is 5.56 Å². The van der Waals surface area contributed by atoms with Gasteiger partial charge in [0.05, 0.1) is 26.3 Å². The first-order chi connectivity index (χ1) is 12.4. The highest BCUT2D eigenvalue weighted by molar-refractivity contribution is 5.93. The van der Waals surface area contributed by atoms with Gasteiger partial charge in [-0.2, -0.15) is 0 Å². The van der Waals surface area contributed by atoms with Crippen LogP contribution in [0.2, 0.25) is 0 Å². The predicted molar refractivity (Wildman–Crippen MR) is 94.0 cm³/mol. The third-order valence-corrected chi connectivity index (χ3v) is 3.56. The highest BCUT2D eigenvalue weighted by Crippen LogP contribution is 2.27. The lowest BCUT2D eigenvalue weighted by Crippen LogP contribution is -2.22. The minimum atomic E-state index is -0.617. The number of esters is 1. The fourth-order valence-corrected chi connectivity index (χ4v) is 2.26. The van der Waals surface area contributed by atoms with Gasteiger partial charge in [0.25, 0.3) is 5.91 Å². The number of halogens is 1. The molecule has 6 nitrogen and oxygen atoms in total. The van der Waals surface area contributed by atoms with Crippen LogP contribution in [0.4, 0.5) is 10.1 Å². The molecule has 0 aromatic heterocycles. The SMILES string of the molecule is COc1ccc(CC(=O)OCC(=O)Nc2ccc(C)cc2F)cc1OC. The normalized spacial score (nSPS) is 10.2. The second-order valence-corrected chi connectivity index (χ2v) is 5.56. The molecule has 2 aromatic carbocycles. The highest BCUT2D eigenvalue weighted by atomic mass is 19.1. The number of nitrogens with one attached hydrogen (secondary N) is 1. The number of hydrogen-bond donors (Lipinski definition) is 1. The van der Waals surface area contributed by atoms with Crippen LogP contribution in [0.25, 0.3) is 0 Å². The van der Waals surface area contributed by atoms with E-state index >= 15 is 0 Å². The Kier molecular flexibility index (Phi) is 6.54. The highest BCUT2D eigenvalue weighted by Gasteiger charge is 2.12. The summed E-state index contributed by atoms with van der Waals surface area (Å²) < 4.78 is 28.9. The molecule has 0 aliphatic carbocycles. The average Bonchev–Trinajstić information content (AvgIpc) is 2.62. The first kappa shape index (κ1) is 19.2. The van der Waals surface area contributed by atoms with Crippen molar-refractivity contribution in [1.82, 2.24) is 0 Å². The number of methoxy groups -OCH3 is 2. The van der Waals surface area contributed by atoms with Gasteiger partial charge in [-0.15, -0.1) is 0 Å². The smallest absolute Gasteiger partial charge is 0.310 e. The van der Waals surface area contributed by atoms with E-state index in [9.17, 15) is 14.0 Å². The van der Waals surface area contributed by atoms with E-state index < -0.39 is 24.3 Å². The van der Waals surface area contributed by atoms with Gasteiger partial charge in [-0.3, -0.25) is 9.59 Å². The topological polar surface area (TPSA) is 73.9 Å². The van der Waals surface area contributed by atoms with E-state index in [1.807, 2.05) is 0 Å². The van der Waals surface area contributed by atoms with Crippen molar-refractivity contribution in [2.75, 3.05) is 26.1 Å². The number of hydrogen-bond acceptors (Lipinski definition) is 5. The molecular weight excluding hydrogens is 341 g/mol. The van der Waals surface area contributed by atoms with Crippen molar-refractivity contribution >= 4 is 17.6 Å². The summed E-state index contributed by atoms with van der Waals surface area (Å²) in [5.74, 6) is -0.713. The maximum atomic E-state index is 13.7. The standard InChI is InChI=1S/C19H20FNO5/c1-12-4-6-15(14(20)8-12)21-18(22)11-26-19(23)10-13-5-7-16(24-2)17(9-13)25-3/h4-9H,10-11H2,1-3H3,(H,21,22). The quantitative estimate of drug-likeness (QED) is 0.768. The van der Waals surface area contributed by atoms with E-state index in [2.05, 4.69) is 5.32 Å². The third kappa shape index (κ3) is 5.20. The van der Waals surface area contributed by atoms with Gasteiger partial charge in [0.15, 0.2) is 18.1 Å². The van der Waals surface area contributed by atoms with E-state index in [-0.39, 0.29) is 12.1 Å². The Hall–Kier alpha value is -3.09. The largest absolute Gasteiger partial charge is 0.493 e. The van der Waals surface area contributed by atoms with Crippen molar-refractivity contribution < 1.29 is 28.2 Å². The summed E-state index contributed by atoms with van der Waals surface area (Å²) in [6.07, 6.45) is -0.0352. The Labute approximate surface area is 150 Å². The molecule has 138 valence electrons. The average molecular weight is 361 g/mol. The number of carbonyl (C=O) groups is 2. The van der Waals surface area contributed by atoms with Crippen LogP contribution in [0.5, 0.6) is 11.5 Å². The molecule has 0 aliphatic heterocycles. The molecule has 0 fully saturated rings. The molecule has 0 aliphatic rings. The number of ether oxygens (including phenoxy) is 3. The molecule has 26 heavy (non-hydrogen) atoms. The van der Waals surface area contributed by atoms with Crippen molar-refractivity contribution in [2.45, 2.75) is 13.3 Å². The minimum Gasteiger partial charge on any atom is -0.493 e. The van der Waals surface area contributed by atoms with Crippen LogP contribution < -0.4 is 14.8 Å². The maximum Gasteiger partial charge on any atom is 0.310 e. The molecule has 0 atom stereocenters. The fourth-order valence-electron chi connectivity index (χ4n) is 2.26. The number of benzene rings is 2. The third-order valence-electron chi connectivity index (χ3n) is 3.56. The van der Waals surface area contributed by atoms with Gasteiger partial charge in [0.1, 0.15) is 5.82 Å². The molecule has 0 saturated carbocycles. The van der Waals surface area contributed by atoms with E-state index in [1.54, 1.807) is 31.2 Å². The van der Waals surface area contributed by atoms with Crippen molar-refractivity contribution in [2.24, 2.45) is 0 Å². The Morgan fingerprint density at radius 3 is 2.42 bits per heavy atom. The summed E-state index contributed by atoms with van der Waals surface area (Å²) in [5, 5.41) is 2.36. The van der Waals surface area contributed by atoms with Gasteiger partial charge in [-0.05, 0) is 42.3 Å². The van der Waals surface area contributed by atoms with Crippen molar-refractivity contribution in [1.29, 1.82) is 0 Å². The van der Waals surface area contributed by atoms with Gasteiger partial charge >= 0.3 is 5.97 Å². The second kappa shape index (κ2) is 8.84. The zero-order valence-corrected chi connectivity index (χ0v) is 14.8. The minimum absolute atomic E-state index is 0.0352. The Bertz CT molecular complexity index is 807. The lowest BCUT2D eigenvalue weighted by atomic mass is 10.1. The summed E-state index contributed by atoms with van der Waals surface area (Å²) in [7, 11) is 3.01. The van der Waals surface area contributed by atoms with Gasteiger partial charge in [-0.1, -0.05) is 12.1 Å². The summed E-state index contributed by atoms with van der Waals surface area (Å²) in [4.78, 5) is 23.7. The number of amides is 1. The predicted octanol–water partition coefficient (Wildman–Crippen LogP) is 2.88. The second-order valence-electron chi connectivity index (χ2n) is 5.56. The van der Waals surface area contributed by atoms with E-state index in [4.69, 9.17) is 14.2 Å². The monoisotopic (exact) mass is 361 g/mol. The number of carbonyl (C=O) groups excluding carboxylic acids is 2. The number of anilines is 1. The molecule has 0 radical (unpaired) electrons. The zero-order valence-electron chi connectivity index (χ0n) is 14.8. The first-order valence-corrected chi connectivity index (χ1v) is 7.85. The molecule has 1 amide bonds.